The van der Waals surface area contributed by atoms with Crippen molar-refractivity contribution in [2.45, 2.75) is 13.0 Å². The first-order chi connectivity index (χ1) is 14.8. The van der Waals surface area contributed by atoms with E-state index in [1.165, 1.54) is 0 Å². The highest BCUT2D eigenvalue weighted by atomic mass is 32.1. The Morgan fingerprint density at radius 1 is 0.900 bits per heavy atom. The molecule has 2 aromatic carbocycles. The van der Waals surface area contributed by atoms with E-state index in [0.29, 0.717) is 13.0 Å². The SMILES string of the molecule is O=C(NCc1ccccn1)c1nc(Cc2ccccc2)c2sc3ccccc3c2n1. The van der Waals surface area contributed by atoms with E-state index in [-0.39, 0.29) is 11.7 Å². The minimum absolute atomic E-state index is 0.188. The molecule has 5 aromatic rings. The van der Waals surface area contributed by atoms with Crippen molar-refractivity contribution in [1.82, 2.24) is 20.3 Å². The molecular formula is C24H18N4OS. The van der Waals surface area contributed by atoms with Crippen LogP contribution < -0.4 is 5.32 Å². The zero-order chi connectivity index (χ0) is 20.3. The molecule has 0 saturated carbocycles. The average molecular weight is 411 g/mol. The van der Waals surface area contributed by atoms with Gasteiger partial charge in [0, 0.05) is 22.7 Å². The van der Waals surface area contributed by atoms with E-state index >= 15 is 0 Å². The van der Waals surface area contributed by atoms with Crippen molar-refractivity contribution in [2.24, 2.45) is 0 Å². The Morgan fingerprint density at radius 2 is 1.70 bits per heavy atom. The van der Waals surface area contributed by atoms with Crippen molar-refractivity contribution in [3.8, 4) is 0 Å². The molecule has 0 bridgehead atoms. The first-order valence-corrected chi connectivity index (χ1v) is 10.5. The van der Waals surface area contributed by atoms with Gasteiger partial charge in [-0.05, 0) is 23.8 Å². The molecule has 0 aliphatic carbocycles. The van der Waals surface area contributed by atoms with E-state index in [1.54, 1.807) is 17.5 Å². The molecule has 6 heteroatoms. The number of benzene rings is 2. The monoisotopic (exact) mass is 410 g/mol. The van der Waals surface area contributed by atoms with Crippen LogP contribution in [0, 0.1) is 0 Å². The normalized spacial score (nSPS) is 11.1. The summed E-state index contributed by atoms with van der Waals surface area (Å²) in [5.74, 6) is -0.111. The third-order valence-corrected chi connectivity index (χ3v) is 6.07. The zero-order valence-electron chi connectivity index (χ0n) is 16.1. The van der Waals surface area contributed by atoms with Crippen LogP contribution in [0.4, 0.5) is 0 Å². The smallest absolute Gasteiger partial charge is 0.289 e. The van der Waals surface area contributed by atoms with E-state index in [1.807, 2.05) is 54.6 Å². The van der Waals surface area contributed by atoms with Crippen molar-refractivity contribution < 1.29 is 4.79 Å². The number of thiophene rings is 1. The van der Waals surface area contributed by atoms with Gasteiger partial charge in [0.2, 0.25) is 5.82 Å². The fourth-order valence-electron chi connectivity index (χ4n) is 3.41. The number of carbonyl (C=O) groups excluding carboxylic acids is 1. The molecule has 3 heterocycles. The summed E-state index contributed by atoms with van der Waals surface area (Å²) in [4.78, 5) is 26.4. The Labute approximate surface area is 177 Å². The third kappa shape index (κ3) is 3.65. The summed E-state index contributed by atoms with van der Waals surface area (Å²) in [5.41, 5.74) is 3.64. The Hall–Kier alpha value is -3.64. The molecule has 146 valence electrons. The van der Waals surface area contributed by atoms with Crippen molar-refractivity contribution in [3.63, 3.8) is 0 Å². The molecule has 1 amide bonds. The summed E-state index contributed by atoms with van der Waals surface area (Å²) in [7, 11) is 0. The van der Waals surface area contributed by atoms with Crippen LogP contribution in [0.5, 0.6) is 0 Å². The Morgan fingerprint density at radius 3 is 2.53 bits per heavy atom. The van der Waals surface area contributed by atoms with Crippen LogP contribution in [-0.4, -0.2) is 20.9 Å². The number of amides is 1. The largest absolute Gasteiger partial charge is 0.344 e. The van der Waals surface area contributed by atoms with Crippen LogP contribution in [-0.2, 0) is 13.0 Å². The molecule has 0 radical (unpaired) electrons. The van der Waals surface area contributed by atoms with Crippen LogP contribution in [0.2, 0.25) is 0 Å². The molecule has 1 N–H and O–H groups in total. The summed E-state index contributed by atoms with van der Waals surface area (Å²) in [6.07, 6.45) is 2.35. The zero-order valence-corrected chi connectivity index (χ0v) is 16.9. The summed E-state index contributed by atoms with van der Waals surface area (Å²) in [6, 6.07) is 23.9. The van der Waals surface area contributed by atoms with Gasteiger partial charge < -0.3 is 5.32 Å². The van der Waals surface area contributed by atoms with Gasteiger partial charge in [-0.3, -0.25) is 9.78 Å². The lowest BCUT2D eigenvalue weighted by atomic mass is 10.1. The number of nitrogens with zero attached hydrogens (tertiary/aromatic N) is 3. The molecule has 0 saturated heterocycles. The van der Waals surface area contributed by atoms with E-state index in [2.05, 4.69) is 38.5 Å². The molecule has 5 rings (SSSR count). The molecule has 0 aliphatic rings. The van der Waals surface area contributed by atoms with Crippen molar-refractivity contribution in [2.75, 3.05) is 0 Å². The van der Waals surface area contributed by atoms with Crippen LogP contribution in [0.15, 0.2) is 79.0 Å². The van der Waals surface area contributed by atoms with E-state index in [0.717, 1.165) is 37.3 Å². The van der Waals surface area contributed by atoms with Gasteiger partial charge in [-0.2, -0.15) is 0 Å². The van der Waals surface area contributed by atoms with Gasteiger partial charge in [0.1, 0.15) is 0 Å². The number of hydrogen-bond acceptors (Lipinski definition) is 5. The number of pyridine rings is 1. The van der Waals surface area contributed by atoms with Crippen molar-refractivity contribution in [3.05, 3.63) is 102 Å². The van der Waals surface area contributed by atoms with E-state index < -0.39 is 0 Å². The Kier molecular flexibility index (Phi) is 4.91. The average Bonchev–Trinajstić information content (AvgIpc) is 3.18. The predicted octanol–water partition coefficient (Wildman–Crippen LogP) is 4.76. The first kappa shape index (κ1) is 18.4. The van der Waals surface area contributed by atoms with Crippen LogP contribution in [0.1, 0.15) is 27.6 Å². The summed E-state index contributed by atoms with van der Waals surface area (Å²) >= 11 is 1.67. The van der Waals surface area contributed by atoms with E-state index in [4.69, 9.17) is 0 Å². The second-order valence-electron chi connectivity index (χ2n) is 6.94. The predicted molar refractivity (Wildman–Crippen MR) is 120 cm³/mol. The molecule has 0 aliphatic heterocycles. The number of rotatable bonds is 5. The second kappa shape index (κ2) is 8.00. The Bertz CT molecular complexity index is 1330. The van der Waals surface area contributed by atoms with Gasteiger partial charge in [-0.15, -0.1) is 11.3 Å². The molecule has 30 heavy (non-hydrogen) atoms. The quantitative estimate of drug-likeness (QED) is 0.454. The molecule has 5 nitrogen and oxygen atoms in total. The molecule has 0 spiro atoms. The third-order valence-electron chi connectivity index (χ3n) is 4.86. The van der Waals surface area contributed by atoms with Crippen LogP contribution in [0.3, 0.4) is 0 Å². The number of hydrogen-bond donors (Lipinski definition) is 1. The standard InChI is InChI=1S/C24H18N4OS/c29-24(26-15-17-10-6-7-13-25-17)23-27-19(14-16-8-2-1-3-9-16)22-21(28-23)18-11-4-5-12-20(18)30-22/h1-13H,14-15H2,(H,26,29). The number of aromatic nitrogens is 3. The summed E-state index contributed by atoms with van der Waals surface area (Å²) in [6.45, 7) is 0.333. The fraction of sp³-hybridized carbons (Fsp3) is 0.0833. The van der Waals surface area contributed by atoms with Crippen molar-refractivity contribution in [1.29, 1.82) is 0 Å². The molecular weight excluding hydrogens is 392 g/mol. The molecule has 0 fully saturated rings. The van der Waals surface area contributed by atoms with Gasteiger partial charge in [0.15, 0.2) is 0 Å². The second-order valence-corrected chi connectivity index (χ2v) is 7.99. The number of carbonyl (C=O) groups is 1. The molecule has 0 unspecified atom stereocenters. The van der Waals surface area contributed by atoms with Gasteiger partial charge in [0.05, 0.1) is 28.1 Å². The van der Waals surface area contributed by atoms with Gasteiger partial charge >= 0.3 is 0 Å². The minimum Gasteiger partial charge on any atom is -0.344 e. The highest BCUT2D eigenvalue weighted by molar-refractivity contribution is 7.25. The highest BCUT2D eigenvalue weighted by Crippen LogP contribution is 2.34. The summed E-state index contributed by atoms with van der Waals surface area (Å²) in [5, 5.41) is 3.94. The van der Waals surface area contributed by atoms with Crippen LogP contribution in [0.25, 0.3) is 20.3 Å². The van der Waals surface area contributed by atoms with Gasteiger partial charge in [-0.25, -0.2) is 9.97 Å². The van der Waals surface area contributed by atoms with Gasteiger partial charge in [0.25, 0.3) is 5.91 Å². The minimum atomic E-state index is -0.299. The lowest BCUT2D eigenvalue weighted by molar-refractivity contribution is 0.0940. The first-order valence-electron chi connectivity index (χ1n) is 9.68. The van der Waals surface area contributed by atoms with E-state index in [9.17, 15) is 4.79 Å². The Balaban J connectivity index is 1.56. The lowest BCUT2D eigenvalue weighted by Crippen LogP contribution is -2.25. The van der Waals surface area contributed by atoms with Crippen molar-refractivity contribution >= 4 is 37.5 Å². The topological polar surface area (TPSA) is 67.8 Å². The maximum Gasteiger partial charge on any atom is 0.289 e. The maximum absolute atomic E-state index is 12.9. The van der Waals surface area contributed by atoms with Crippen LogP contribution >= 0.6 is 11.3 Å². The number of fused-ring (bicyclic) bond motifs is 3. The highest BCUT2D eigenvalue weighted by Gasteiger charge is 2.18. The maximum atomic E-state index is 12.9. The van der Waals surface area contributed by atoms with Gasteiger partial charge in [-0.1, -0.05) is 54.6 Å². The fourth-order valence-corrected chi connectivity index (χ4v) is 4.54. The molecule has 0 atom stereocenters. The number of nitrogens with one attached hydrogen (secondary N) is 1. The summed E-state index contributed by atoms with van der Waals surface area (Å²) < 4.78 is 2.17. The molecule has 3 aromatic heterocycles. The lowest BCUT2D eigenvalue weighted by Gasteiger charge is -2.07.